The van der Waals surface area contributed by atoms with E-state index < -0.39 is 8.80 Å². The first-order chi connectivity index (χ1) is 6.42. The van der Waals surface area contributed by atoms with Gasteiger partial charge in [0.05, 0.1) is 8.80 Å². The minimum Gasteiger partial charge on any atom is -1.00 e. The van der Waals surface area contributed by atoms with E-state index in [1.54, 1.807) is 10.4 Å². The Bertz CT molecular complexity index is 286. The third-order valence-electron chi connectivity index (χ3n) is 2.90. The summed E-state index contributed by atoms with van der Waals surface area (Å²) in [5.41, 5.74) is 0. The van der Waals surface area contributed by atoms with Crippen molar-refractivity contribution in [3.8, 4) is 0 Å². The molecule has 0 atom stereocenters. The van der Waals surface area contributed by atoms with Crippen LogP contribution in [0, 0.1) is 0 Å². The van der Waals surface area contributed by atoms with Gasteiger partial charge in [-0.15, -0.1) is 0 Å². The fraction of sp³-hybridized carbons (Fsp3) is 0.333. The van der Waals surface area contributed by atoms with Gasteiger partial charge in [-0.1, -0.05) is 59.8 Å². The van der Waals surface area contributed by atoms with E-state index in [0.29, 0.717) is 0 Å². The molecule has 0 aromatic heterocycles. The molecular formula is C12H17NaSi. The third kappa shape index (κ3) is 2.60. The van der Waals surface area contributed by atoms with Crippen LogP contribution in [0.25, 0.3) is 0 Å². The molecule has 0 fully saturated rings. The molecule has 0 spiro atoms. The Labute approximate surface area is 112 Å². The maximum absolute atomic E-state index is 2.35. The van der Waals surface area contributed by atoms with E-state index in [4.69, 9.17) is 0 Å². The number of hydrogen-bond acceptors (Lipinski definition) is 0. The van der Waals surface area contributed by atoms with Crippen LogP contribution in [0.3, 0.4) is 0 Å². The van der Waals surface area contributed by atoms with E-state index in [1.165, 1.54) is 18.9 Å². The van der Waals surface area contributed by atoms with Gasteiger partial charge in [0.1, 0.15) is 0 Å². The van der Waals surface area contributed by atoms with Gasteiger partial charge in [0, 0.05) is 0 Å². The Morgan fingerprint density at radius 3 is 1.93 bits per heavy atom. The summed E-state index contributed by atoms with van der Waals surface area (Å²) >= 11 is 0. The van der Waals surface area contributed by atoms with Gasteiger partial charge >= 0.3 is 29.6 Å². The van der Waals surface area contributed by atoms with Gasteiger partial charge in [-0.25, -0.2) is 0 Å². The van der Waals surface area contributed by atoms with E-state index in [-0.39, 0.29) is 31.0 Å². The molecule has 2 rings (SSSR count). The molecule has 0 saturated carbocycles. The standard InChI is InChI=1S/C12H16Si.Na.H/c1-2-13(11-7-3-4-8-11)12-9-5-6-10-12;;/h3-7,9,13H,2,8,10H2,1H3;;/q;+1;-1. The summed E-state index contributed by atoms with van der Waals surface area (Å²) in [7, 11) is -0.721. The van der Waals surface area contributed by atoms with Crippen molar-refractivity contribution in [3.63, 3.8) is 0 Å². The topological polar surface area (TPSA) is 0 Å². The van der Waals surface area contributed by atoms with E-state index in [2.05, 4.69) is 43.4 Å². The predicted octanol–water partition coefficient (Wildman–Crippen LogP) is 0.201. The first-order valence-corrected chi connectivity index (χ1v) is 7.10. The average molecular weight is 212 g/mol. The molecule has 0 N–H and O–H groups in total. The summed E-state index contributed by atoms with van der Waals surface area (Å²) in [4.78, 5) is 0. The van der Waals surface area contributed by atoms with Crippen LogP contribution in [0.1, 0.15) is 21.2 Å². The summed E-state index contributed by atoms with van der Waals surface area (Å²) in [6.45, 7) is 2.34. The van der Waals surface area contributed by atoms with Gasteiger partial charge < -0.3 is 1.43 Å². The van der Waals surface area contributed by atoms with E-state index in [0.717, 1.165) is 0 Å². The number of rotatable bonds is 3. The second kappa shape index (κ2) is 5.91. The molecule has 0 radical (unpaired) electrons. The van der Waals surface area contributed by atoms with Crippen LogP contribution in [-0.2, 0) is 0 Å². The van der Waals surface area contributed by atoms with Crippen LogP contribution in [-0.4, -0.2) is 8.80 Å². The smallest absolute Gasteiger partial charge is 1.00 e. The molecule has 0 heterocycles. The van der Waals surface area contributed by atoms with Crippen molar-refractivity contribution in [2.45, 2.75) is 25.8 Å². The molecule has 0 aliphatic heterocycles. The first-order valence-electron chi connectivity index (χ1n) is 5.13. The number of hydrogen-bond donors (Lipinski definition) is 0. The molecular weight excluding hydrogens is 195 g/mol. The molecule has 14 heavy (non-hydrogen) atoms. The summed E-state index contributed by atoms with van der Waals surface area (Å²) in [5.74, 6) is 0. The van der Waals surface area contributed by atoms with E-state index >= 15 is 0 Å². The Hall–Kier alpha value is 0.177. The fourth-order valence-corrected chi connectivity index (χ4v) is 5.26. The van der Waals surface area contributed by atoms with Gasteiger partial charge in [0.15, 0.2) is 0 Å². The maximum atomic E-state index is 2.35. The molecule has 0 saturated heterocycles. The molecule has 0 unspecified atom stereocenters. The maximum Gasteiger partial charge on any atom is 1.00 e. The normalized spacial score (nSPS) is 18.4. The molecule has 2 aliphatic carbocycles. The Kier molecular flexibility index (Phi) is 5.17. The van der Waals surface area contributed by atoms with Crippen LogP contribution < -0.4 is 29.6 Å². The van der Waals surface area contributed by atoms with Gasteiger partial charge in [-0.05, 0) is 12.8 Å². The molecule has 0 bridgehead atoms. The summed E-state index contributed by atoms with van der Waals surface area (Å²) in [6.07, 6.45) is 16.1. The quantitative estimate of drug-likeness (QED) is 0.586. The van der Waals surface area contributed by atoms with Crippen LogP contribution in [0.2, 0.25) is 6.04 Å². The van der Waals surface area contributed by atoms with Gasteiger partial charge in [0.25, 0.3) is 0 Å². The van der Waals surface area contributed by atoms with Crippen molar-refractivity contribution in [1.82, 2.24) is 0 Å². The molecule has 2 heteroatoms. The van der Waals surface area contributed by atoms with Crippen molar-refractivity contribution >= 4 is 8.80 Å². The first kappa shape index (κ1) is 12.2. The number of allylic oxidation sites excluding steroid dienone is 8. The molecule has 2 aliphatic rings. The predicted molar refractivity (Wildman–Crippen MR) is 62.4 cm³/mol. The van der Waals surface area contributed by atoms with E-state index in [1.807, 2.05) is 0 Å². The SMILES string of the molecule is CC[SiH](C1=CC=CC1)C1=CC=CC1.[H-].[Na+]. The van der Waals surface area contributed by atoms with Crippen molar-refractivity contribution in [2.24, 2.45) is 0 Å². The molecule has 0 aromatic rings. The Balaban J connectivity index is 0.000000980. The summed E-state index contributed by atoms with van der Waals surface area (Å²) < 4.78 is 0. The zero-order chi connectivity index (χ0) is 9.10. The van der Waals surface area contributed by atoms with Crippen molar-refractivity contribution < 1.29 is 31.0 Å². The summed E-state index contributed by atoms with van der Waals surface area (Å²) in [6, 6.07) is 1.38. The second-order valence-electron chi connectivity index (χ2n) is 3.71. The molecule has 70 valence electrons. The third-order valence-corrected chi connectivity index (χ3v) is 6.37. The summed E-state index contributed by atoms with van der Waals surface area (Å²) in [5, 5.41) is 3.47. The minimum absolute atomic E-state index is 0. The molecule has 0 nitrogen and oxygen atoms in total. The zero-order valence-corrected chi connectivity index (χ0v) is 12.3. The van der Waals surface area contributed by atoms with Gasteiger partial charge in [0.2, 0.25) is 0 Å². The monoisotopic (exact) mass is 212 g/mol. The van der Waals surface area contributed by atoms with Crippen LogP contribution >= 0.6 is 0 Å². The van der Waals surface area contributed by atoms with Crippen molar-refractivity contribution in [1.29, 1.82) is 0 Å². The Morgan fingerprint density at radius 1 is 1.14 bits per heavy atom. The fourth-order valence-electron chi connectivity index (χ4n) is 2.21. The molecule has 0 amide bonds. The Morgan fingerprint density at radius 2 is 1.64 bits per heavy atom. The van der Waals surface area contributed by atoms with Crippen molar-refractivity contribution in [2.75, 3.05) is 0 Å². The second-order valence-corrected chi connectivity index (χ2v) is 7.11. The largest absolute Gasteiger partial charge is 1.00 e. The van der Waals surface area contributed by atoms with Crippen molar-refractivity contribution in [3.05, 3.63) is 46.8 Å². The van der Waals surface area contributed by atoms with E-state index in [9.17, 15) is 0 Å². The van der Waals surface area contributed by atoms with Crippen LogP contribution in [0.15, 0.2) is 46.8 Å². The van der Waals surface area contributed by atoms with Crippen LogP contribution in [0.4, 0.5) is 0 Å². The van der Waals surface area contributed by atoms with Crippen LogP contribution in [0.5, 0.6) is 0 Å². The van der Waals surface area contributed by atoms with Gasteiger partial charge in [-0.3, -0.25) is 0 Å². The zero-order valence-electron chi connectivity index (χ0n) is 10.2. The molecule has 0 aromatic carbocycles. The van der Waals surface area contributed by atoms with Gasteiger partial charge in [-0.2, -0.15) is 0 Å². The average Bonchev–Trinajstić information content (AvgIpc) is 2.76. The minimum atomic E-state index is -0.721.